The van der Waals surface area contributed by atoms with E-state index in [0.717, 1.165) is 22.4 Å². The van der Waals surface area contributed by atoms with Crippen LogP contribution in [0.5, 0.6) is 0 Å². The largest absolute Gasteiger partial charge is 0.309 e. The van der Waals surface area contributed by atoms with Gasteiger partial charge in [-0.25, -0.2) is 15.0 Å². The molecule has 0 radical (unpaired) electrons. The van der Waals surface area contributed by atoms with Crippen molar-refractivity contribution in [1.82, 2.24) is 23.9 Å². The quantitative estimate of drug-likeness (QED) is 0.215. The number of fused-ring (bicyclic) bond motifs is 4. The Morgan fingerprint density at radius 2 is 0.955 bits per heavy atom. The molecule has 0 fully saturated rings. The third-order valence-corrected chi connectivity index (χ3v) is 8.87. The third-order valence-electron chi connectivity index (χ3n) is 8.87. The Kier molecular flexibility index (Phi) is 4.66. The summed E-state index contributed by atoms with van der Waals surface area (Å²) >= 11 is 0. The fraction of sp³-hybridized carbons (Fsp3) is 0. The van der Waals surface area contributed by atoms with E-state index in [-0.39, 0.29) is 0 Å². The predicted octanol–water partition coefficient (Wildman–Crippen LogP) is 9.40. The van der Waals surface area contributed by atoms with Crippen molar-refractivity contribution in [3.05, 3.63) is 140 Å². The van der Waals surface area contributed by atoms with Crippen LogP contribution in [-0.4, -0.2) is 23.9 Å². The standard InChI is InChI=1S/C39H23N5/c1-3-11-24(12-4-1)37-40-38(25-13-5-2-6-14-25)42-39(41-37)26-15-9-16-27(23-26)43-31-19-10-20-32-34(31)35-33(43)22-21-29-28-17-7-8-18-30(28)44(32)36(29)35/h1-23H. The van der Waals surface area contributed by atoms with Crippen molar-refractivity contribution in [2.24, 2.45) is 0 Å². The van der Waals surface area contributed by atoms with Gasteiger partial charge in [-0.15, -0.1) is 0 Å². The zero-order valence-electron chi connectivity index (χ0n) is 23.5. The molecule has 0 saturated carbocycles. The van der Waals surface area contributed by atoms with Crippen LogP contribution in [0.15, 0.2) is 140 Å². The van der Waals surface area contributed by atoms with E-state index >= 15 is 0 Å². The van der Waals surface area contributed by atoms with Gasteiger partial charge in [0.25, 0.3) is 0 Å². The molecule has 4 aromatic heterocycles. The van der Waals surface area contributed by atoms with Gasteiger partial charge in [0.05, 0.1) is 27.6 Å². The zero-order valence-corrected chi connectivity index (χ0v) is 23.5. The second-order valence-electron chi connectivity index (χ2n) is 11.3. The minimum atomic E-state index is 0.649. The van der Waals surface area contributed by atoms with E-state index in [0.29, 0.717) is 17.5 Å². The molecular formula is C39H23N5. The van der Waals surface area contributed by atoms with E-state index < -0.39 is 0 Å². The molecule has 0 aliphatic rings. The van der Waals surface area contributed by atoms with Crippen molar-refractivity contribution in [3.63, 3.8) is 0 Å². The maximum absolute atomic E-state index is 4.98. The molecule has 6 aromatic carbocycles. The van der Waals surface area contributed by atoms with Gasteiger partial charge in [-0.3, -0.25) is 0 Å². The summed E-state index contributed by atoms with van der Waals surface area (Å²) < 4.78 is 4.83. The highest BCUT2D eigenvalue weighted by Gasteiger charge is 2.25. The molecule has 0 amide bonds. The van der Waals surface area contributed by atoms with Gasteiger partial charge >= 0.3 is 0 Å². The van der Waals surface area contributed by atoms with E-state index in [1.54, 1.807) is 0 Å². The molecule has 10 rings (SSSR count). The first-order valence-electron chi connectivity index (χ1n) is 14.8. The van der Waals surface area contributed by atoms with Crippen LogP contribution in [0.25, 0.3) is 89.0 Å². The lowest BCUT2D eigenvalue weighted by Crippen LogP contribution is -2.01. The van der Waals surface area contributed by atoms with E-state index in [1.807, 2.05) is 60.7 Å². The van der Waals surface area contributed by atoms with Gasteiger partial charge in [0.2, 0.25) is 0 Å². The number of benzene rings is 6. The maximum atomic E-state index is 4.98. The maximum Gasteiger partial charge on any atom is 0.164 e. The number of rotatable bonds is 4. The molecular weight excluding hydrogens is 538 g/mol. The van der Waals surface area contributed by atoms with Gasteiger partial charge < -0.3 is 8.97 Å². The Morgan fingerprint density at radius 1 is 0.386 bits per heavy atom. The fourth-order valence-electron chi connectivity index (χ4n) is 7.02. The smallest absolute Gasteiger partial charge is 0.164 e. The van der Waals surface area contributed by atoms with Crippen LogP contribution in [-0.2, 0) is 0 Å². The zero-order chi connectivity index (χ0) is 28.8. The summed E-state index contributed by atoms with van der Waals surface area (Å²) in [4.78, 5) is 14.8. The average Bonchev–Trinajstić information content (AvgIpc) is 3.75. The average molecular weight is 562 g/mol. The predicted molar refractivity (Wildman–Crippen MR) is 179 cm³/mol. The number of para-hydroxylation sites is 1. The van der Waals surface area contributed by atoms with Crippen LogP contribution in [0.2, 0.25) is 0 Å². The lowest BCUT2D eigenvalue weighted by molar-refractivity contribution is 1.07. The number of hydrogen-bond donors (Lipinski definition) is 0. The van der Waals surface area contributed by atoms with Crippen LogP contribution in [0.4, 0.5) is 0 Å². The van der Waals surface area contributed by atoms with Crippen molar-refractivity contribution in [2.45, 2.75) is 0 Å². The molecule has 10 aromatic rings. The summed E-state index contributed by atoms with van der Waals surface area (Å²) in [7, 11) is 0. The fourth-order valence-corrected chi connectivity index (χ4v) is 7.02. The summed E-state index contributed by atoms with van der Waals surface area (Å²) in [6.07, 6.45) is 0. The third kappa shape index (κ3) is 3.15. The molecule has 204 valence electrons. The summed E-state index contributed by atoms with van der Waals surface area (Å²) in [5.74, 6) is 1.97. The van der Waals surface area contributed by atoms with Gasteiger partial charge in [-0.1, -0.05) is 103 Å². The van der Waals surface area contributed by atoms with Gasteiger partial charge in [0.1, 0.15) is 0 Å². The lowest BCUT2D eigenvalue weighted by Gasteiger charge is -2.12. The highest BCUT2D eigenvalue weighted by molar-refractivity contribution is 6.32. The number of hydrogen-bond acceptors (Lipinski definition) is 3. The van der Waals surface area contributed by atoms with Crippen LogP contribution in [0, 0.1) is 0 Å². The molecule has 0 aliphatic carbocycles. The topological polar surface area (TPSA) is 48.0 Å². The Morgan fingerprint density at radius 3 is 1.70 bits per heavy atom. The SMILES string of the molecule is c1ccc(-c2nc(-c3ccccc3)nc(-c3cccc(-n4c5cccc6c5c5c4ccc4c7ccccc7n6c45)c3)n2)cc1. The van der Waals surface area contributed by atoms with Crippen LogP contribution >= 0.6 is 0 Å². The van der Waals surface area contributed by atoms with E-state index in [2.05, 4.69) is 87.8 Å². The molecule has 0 unspecified atom stereocenters. The lowest BCUT2D eigenvalue weighted by atomic mass is 10.1. The summed E-state index contributed by atoms with van der Waals surface area (Å²) in [6, 6.07) is 48.7. The van der Waals surface area contributed by atoms with Crippen molar-refractivity contribution >= 4 is 49.1 Å². The van der Waals surface area contributed by atoms with Crippen molar-refractivity contribution in [1.29, 1.82) is 0 Å². The molecule has 0 spiro atoms. The Bertz CT molecular complexity index is 2590. The second kappa shape index (κ2) is 8.72. The first-order chi connectivity index (χ1) is 21.8. The molecule has 0 N–H and O–H groups in total. The van der Waals surface area contributed by atoms with Gasteiger partial charge in [-0.05, 0) is 36.4 Å². The van der Waals surface area contributed by atoms with Crippen LogP contribution in [0.3, 0.4) is 0 Å². The highest BCUT2D eigenvalue weighted by atomic mass is 15.0. The molecule has 44 heavy (non-hydrogen) atoms. The van der Waals surface area contributed by atoms with Gasteiger partial charge in [0.15, 0.2) is 17.5 Å². The Balaban J connectivity index is 1.21. The Labute approximate surface area is 252 Å². The van der Waals surface area contributed by atoms with Crippen molar-refractivity contribution in [3.8, 4) is 39.9 Å². The highest BCUT2D eigenvalue weighted by Crippen LogP contribution is 2.46. The van der Waals surface area contributed by atoms with E-state index in [1.165, 1.54) is 49.1 Å². The summed E-state index contributed by atoms with van der Waals surface area (Å²) in [5, 5.41) is 5.20. The second-order valence-corrected chi connectivity index (χ2v) is 11.3. The van der Waals surface area contributed by atoms with Crippen molar-refractivity contribution in [2.75, 3.05) is 0 Å². The minimum Gasteiger partial charge on any atom is -0.309 e. The Hall–Kier alpha value is -6.07. The van der Waals surface area contributed by atoms with Crippen LogP contribution in [0.1, 0.15) is 0 Å². The van der Waals surface area contributed by atoms with E-state index in [9.17, 15) is 0 Å². The van der Waals surface area contributed by atoms with Gasteiger partial charge in [-0.2, -0.15) is 0 Å². The molecule has 0 bridgehead atoms. The van der Waals surface area contributed by atoms with E-state index in [4.69, 9.17) is 15.0 Å². The molecule has 5 heteroatoms. The monoisotopic (exact) mass is 561 g/mol. The molecule has 0 atom stereocenters. The first-order valence-corrected chi connectivity index (χ1v) is 14.8. The summed E-state index contributed by atoms with van der Waals surface area (Å²) in [6.45, 7) is 0. The van der Waals surface area contributed by atoms with Crippen molar-refractivity contribution < 1.29 is 0 Å². The van der Waals surface area contributed by atoms with Gasteiger partial charge in [0, 0.05) is 43.9 Å². The molecule has 0 saturated heterocycles. The number of nitrogens with zero attached hydrogens (tertiary/aromatic N) is 5. The molecule has 4 heterocycles. The normalized spacial score (nSPS) is 12.1. The van der Waals surface area contributed by atoms with Crippen LogP contribution < -0.4 is 0 Å². The number of aromatic nitrogens is 5. The minimum absolute atomic E-state index is 0.649. The molecule has 0 aliphatic heterocycles. The molecule has 5 nitrogen and oxygen atoms in total. The first kappa shape index (κ1) is 23.5. The summed E-state index contributed by atoms with van der Waals surface area (Å²) in [5.41, 5.74) is 10.1.